The Morgan fingerprint density at radius 3 is 2.67 bits per heavy atom. The maximum Gasteiger partial charge on any atom is 0.227 e. The summed E-state index contributed by atoms with van der Waals surface area (Å²) in [5.41, 5.74) is 0.989. The largest absolute Gasteiger partial charge is 0.383 e. The Hall–Kier alpha value is -0.920. The first-order valence-corrected chi connectivity index (χ1v) is 12.1. The third-order valence-corrected chi connectivity index (χ3v) is 7.80. The van der Waals surface area contributed by atoms with Gasteiger partial charge in [0.1, 0.15) is 0 Å². The predicted octanol–water partition coefficient (Wildman–Crippen LogP) is 3.12. The van der Waals surface area contributed by atoms with Gasteiger partial charge in [-0.15, -0.1) is 0 Å². The molecule has 1 atom stereocenters. The number of piperidine rings is 1. The first-order chi connectivity index (χ1) is 13.0. The minimum Gasteiger partial charge on any atom is -0.383 e. The molecule has 27 heavy (non-hydrogen) atoms. The van der Waals surface area contributed by atoms with Gasteiger partial charge in [0.2, 0.25) is 15.0 Å². The topological polar surface area (TPSA) is 64.4 Å². The zero-order valence-corrected chi connectivity index (χ0v) is 17.7. The summed E-state index contributed by atoms with van der Waals surface area (Å²) in [7, 11) is -1.72. The molecule has 2 heterocycles. The highest BCUT2D eigenvalue weighted by atomic mass is 32.2. The van der Waals surface area contributed by atoms with Crippen LogP contribution in [0.25, 0.3) is 0 Å². The molecule has 154 valence electrons. The van der Waals surface area contributed by atoms with Crippen LogP contribution < -0.4 is 0 Å². The first kappa shape index (κ1) is 20.8. The Balaban J connectivity index is 1.78. The van der Waals surface area contributed by atoms with Crippen molar-refractivity contribution < 1.29 is 13.2 Å². The van der Waals surface area contributed by atoms with Crippen LogP contribution in [0.15, 0.2) is 11.4 Å². The lowest BCUT2D eigenvalue weighted by molar-refractivity contribution is 0.164. The van der Waals surface area contributed by atoms with Crippen LogP contribution in [0.4, 0.5) is 0 Å². The van der Waals surface area contributed by atoms with E-state index in [4.69, 9.17) is 4.74 Å². The SMILES string of the molecule is COCCn1c(CN2CCC[C@@H](C)C2)cnc1S(=O)(=O)CC1CCCCC1. The van der Waals surface area contributed by atoms with E-state index < -0.39 is 9.84 Å². The number of aromatic nitrogens is 2. The quantitative estimate of drug-likeness (QED) is 0.674. The van der Waals surface area contributed by atoms with Crippen molar-refractivity contribution in [2.45, 2.75) is 70.1 Å². The van der Waals surface area contributed by atoms with Crippen LogP contribution in [0.2, 0.25) is 0 Å². The molecule has 1 aromatic heterocycles. The van der Waals surface area contributed by atoms with Crippen molar-refractivity contribution >= 4 is 9.84 Å². The van der Waals surface area contributed by atoms with E-state index in [0.29, 0.717) is 19.1 Å². The minimum absolute atomic E-state index is 0.233. The number of rotatable bonds is 8. The van der Waals surface area contributed by atoms with Crippen molar-refractivity contribution in [2.75, 3.05) is 32.6 Å². The summed E-state index contributed by atoms with van der Waals surface area (Å²) in [6.45, 7) is 6.22. The summed E-state index contributed by atoms with van der Waals surface area (Å²) in [4.78, 5) is 6.81. The molecule has 2 aliphatic rings. The van der Waals surface area contributed by atoms with Crippen LogP contribution in [0, 0.1) is 11.8 Å². The number of likely N-dealkylation sites (tertiary alicyclic amines) is 1. The van der Waals surface area contributed by atoms with Gasteiger partial charge in [-0.1, -0.05) is 26.2 Å². The summed E-state index contributed by atoms with van der Waals surface area (Å²) in [6.07, 6.45) is 9.83. The van der Waals surface area contributed by atoms with Crippen LogP contribution in [-0.2, 0) is 27.7 Å². The van der Waals surface area contributed by atoms with Crippen LogP contribution >= 0.6 is 0 Å². The lowest BCUT2D eigenvalue weighted by Crippen LogP contribution is -2.34. The molecule has 0 spiro atoms. The third-order valence-electron chi connectivity index (χ3n) is 6.01. The van der Waals surface area contributed by atoms with E-state index >= 15 is 0 Å². The van der Waals surface area contributed by atoms with Crippen LogP contribution in [0.1, 0.15) is 57.6 Å². The monoisotopic (exact) mass is 397 g/mol. The van der Waals surface area contributed by atoms with Crippen molar-refractivity contribution in [1.29, 1.82) is 0 Å². The molecule has 0 bridgehead atoms. The molecule has 0 N–H and O–H groups in total. The number of hydrogen-bond donors (Lipinski definition) is 0. The molecule has 1 saturated heterocycles. The summed E-state index contributed by atoms with van der Waals surface area (Å²) < 4.78 is 33.3. The van der Waals surface area contributed by atoms with Crippen molar-refractivity contribution in [3.05, 3.63) is 11.9 Å². The maximum absolute atomic E-state index is 13.1. The molecule has 1 saturated carbocycles. The second-order valence-electron chi connectivity index (χ2n) is 8.44. The van der Waals surface area contributed by atoms with Gasteiger partial charge in [-0.2, -0.15) is 0 Å². The van der Waals surface area contributed by atoms with Gasteiger partial charge in [0.05, 0.1) is 24.3 Å². The van der Waals surface area contributed by atoms with Gasteiger partial charge in [-0.25, -0.2) is 13.4 Å². The van der Waals surface area contributed by atoms with Crippen LogP contribution in [0.3, 0.4) is 0 Å². The molecule has 7 heteroatoms. The molecule has 0 aromatic carbocycles. The lowest BCUT2D eigenvalue weighted by atomic mass is 9.91. The highest BCUT2D eigenvalue weighted by molar-refractivity contribution is 7.91. The Morgan fingerprint density at radius 1 is 1.19 bits per heavy atom. The van der Waals surface area contributed by atoms with Gasteiger partial charge >= 0.3 is 0 Å². The minimum atomic E-state index is -3.37. The molecule has 0 amide bonds. The molecule has 1 aromatic rings. The second-order valence-corrected chi connectivity index (χ2v) is 10.4. The van der Waals surface area contributed by atoms with E-state index in [-0.39, 0.29) is 16.8 Å². The Labute approximate surface area is 164 Å². The number of ether oxygens (including phenoxy) is 1. The van der Waals surface area contributed by atoms with E-state index in [0.717, 1.165) is 51.0 Å². The third kappa shape index (κ3) is 5.55. The zero-order chi connectivity index (χ0) is 19.3. The number of sulfone groups is 1. The average molecular weight is 398 g/mol. The van der Waals surface area contributed by atoms with E-state index in [2.05, 4.69) is 16.8 Å². The number of nitrogens with zero attached hydrogens (tertiary/aromatic N) is 3. The van der Waals surface area contributed by atoms with Gasteiger partial charge in [0.15, 0.2) is 0 Å². The molecular weight excluding hydrogens is 362 g/mol. The fraction of sp³-hybridized carbons (Fsp3) is 0.850. The highest BCUT2D eigenvalue weighted by Gasteiger charge is 2.28. The van der Waals surface area contributed by atoms with Gasteiger partial charge in [0, 0.05) is 26.7 Å². The Bertz CT molecular complexity index is 695. The van der Waals surface area contributed by atoms with Gasteiger partial charge in [-0.3, -0.25) is 4.90 Å². The smallest absolute Gasteiger partial charge is 0.227 e. The zero-order valence-electron chi connectivity index (χ0n) is 16.9. The maximum atomic E-state index is 13.1. The average Bonchev–Trinajstić information content (AvgIpc) is 3.04. The summed E-state index contributed by atoms with van der Waals surface area (Å²) in [5.74, 6) is 1.21. The number of imidazole rings is 1. The van der Waals surface area contributed by atoms with Crippen molar-refractivity contribution in [3.8, 4) is 0 Å². The van der Waals surface area contributed by atoms with Crippen molar-refractivity contribution in [1.82, 2.24) is 14.5 Å². The fourth-order valence-corrected chi connectivity index (χ4v) is 6.45. The summed E-state index contributed by atoms with van der Waals surface area (Å²) in [6, 6.07) is 0. The molecule has 1 aliphatic heterocycles. The molecular formula is C20H35N3O3S. The fourth-order valence-electron chi connectivity index (χ4n) is 4.59. The van der Waals surface area contributed by atoms with Crippen LogP contribution in [0.5, 0.6) is 0 Å². The highest BCUT2D eigenvalue weighted by Crippen LogP contribution is 2.27. The summed E-state index contributed by atoms with van der Waals surface area (Å²) in [5, 5.41) is 0.241. The van der Waals surface area contributed by atoms with Crippen molar-refractivity contribution in [3.63, 3.8) is 0 Å². The molecule has 1 aliphatic carbocycles. The lowest BCUT2D eigenvalue weighted by Gasteiger charge is -2.31. The molecule has 6 nitrogen and oxygen atoms in total. The molecule has 0 radical (unpaired) electrons. The van der Waals surface area contributed by atoms with E-state index in [1.807, 2.05) is 4.57 Å². The molecule has 2 fully saturated rings. The van der Waals surface area contributed by atoms with E-state index in [1.54, 1.807) is 13.3 Å². The second kappa shape index (κ2) is 9.52. The van der Waals surface area contributed by atoms with Crippen molar-refractivity contribution in [2.24, 2.45) is 11.8 Å². The first-order valence-electron chi connectivity index (χ1n) is 10.5. The van der Waals surface area contributed by atoms with E-state index in [9.17, 15) is 8.42 Å². The normalized spacial score (nSPS) is 23.0. The van der Waals surface area contributed by atoms with E-state index in [1.165, 1.54) is 19.3 Å². The molecule has 3 rings (SSSR count). The van der Waals surface area contributed by atoms with Gasteiger partial charge in [-0.05, 0) is 44.1 Å². The Morgan fingerprint density at radius 2 is 1.96 bits per heavy atom. The predicted molar refractivity (Wildman–Crippen MR) is 106 cm³/mol. The number of methoxy groups -OCH3 is 1. The van der Waals surface area contributed by atoms with Gasteiger partial charge < -0.3 is 9.30 Å². The van der Waals surface area contributed by atoms with Crippen LogP contribution in [-0.4, -0.2) is 55.4 Å². The summed E-state index contributed by atoms with van der Waals surface area (Å²) >= 11 is 0. The standard InChI is InChI=1S/C20H35N3O3S/c1-17-7-6-10-22(14-17)15-19-13-21-20(23(19)11-12-26-2)27(24,25)16-18-8-4-3-5-9-18/h13,17-18H,3-12,14-16H2,1-2H3/t17-/m1/s1. The number of hydrogen-bond acceptors (Lipinski definition) is 5. The Kier molecular flexibility index (Phi) is 7.34. The van der Waals surface area contributed by atoms with Gasteiger partial charge in [0.25, 0.3) is 0 Å². The molecule has 0 unspecified atom stereocenters.